The van der Waals surface area contributed by atoms with E-state index >= 15 is 0 Å². The Morgan fingerprint density at radius 1 is 1.53 bits per heavy atom. The first kappa shape index (κ1) is 12.0. The quantitative estimate of drug-likeness (QED) is 0.487. The molecule has 0 radical (unpaired) electrons. The topological polar surface area (TPSA) is 69.4 Å². The first-order valence-corrected chi connectivity index (χ1v) is 5.98. The maximum absolute atomic E-state index is 11.6. The Labute approximate surface area is 106 Å². The van der Waals surface area contributed by atoms with Crippen LogP contribution in [0.2, 0.25) is 0 Å². The minimum Gasteiger partial charge on any atom is -0.462 e. The van der Waals surface area contributed by atoms with E-state index in [-0.39, 0.29) is 11.3 Å². The highest BCUT2D eigenvalue weighted by Gasteiger charge is 2.24. The summed E-state index contributed by atoms with van der Waals surface area (Å²) >= 11 is 3.06. The molecule has 2 rings (SSSR count). The lowest BCUT2D eigenvalue weighted by atomic mass is 10.2. The van der Waals surface area contributed by atoms with Crippen LogP contribution in [0.1, 0.15) is 23.2 Å². The maximum Gasteiger partial charge on any atom is 0.338 e. The van der Waals surface area contributed by atoms with Gasteiger partial charge in [0.15, 0.2) is 0 Å². The zero-order chi connectivity index (χ0) is 12.4. The highest BCUT2D eigenvalue weighted by molar-refractivity contribution is 9.10. The second-order valence-electron chi connectivity index (χ2n) is 3.97. The van der Waals surface area contributed by atoms with Gasteiger partial charge in [-0.25, -0.2) is 4.79 Å². The first-order valence-electron chi connectivity index (χ1n) is 5.19. The number of hydrogen-bond acceptors (Lipinski definition) is 4. The Morgan fingerprint density at radius 3 is 2.82 bits per heavy atom. The fourth-order valence-corrected chi connectivity index (χ4v) is 1.73. The van der Waals surface area contributed by atoms with Gasteiger partial charge >= 0.3 is 5.97 Å². The van der Waals surface area contributed by atoms with Crippen LogP contribution in [0.5, 0.6) is 0 Å². The van der Waals surface area contributed by atoms with E-state index in [1.54, 1.807) is 0 Å². The molecule has 1 fully saturated rings. The van der Waals surface area contributed by atoms with Crippen molar-refractivity contribution >= 4 is 27.6 Å². The van der Waals surface area contributed by atoms with E-state index in [4.69, 9.17) is 4.74 Å². The predicted octanol–water partition coefficient (Wildman–Crippen LogP) is 2.92. The summed E-state index contributed by atoms with van der Waals surface area (Å²) in [5.41, 5.74) is 0.0754. The van der Waals surface area contributed by atoms with Gasteiger partial charge in [0.2, 0.25) is 0 Å². The summed E-state index contributed by atoms with van der Waals surface area (Å²) in [6.45, 7) is 0.405. The van der Waals surface area contributed by atoms with Crippen molar-refractivity contribution in [3.05, 3.63) is 38.3 Å². The van der Waals surface area contributed by atoms with Crippen molar-refractivity contribution in [3.63, 3.8) is 0 Å². The number of hydrogen-bond donors (Lipinski definition) is 0. The van der Waals surface area contributed by atoms with Crippen LogP contribution in [0.4, 0.5) is 5.69 Å². The molecule has 5 nitrogen and oxygen atoms in total. The molecule has 17 heavy (non-hydrogen) atoms. The molecule has 1 aromatic carbocycles. The van der Waals surface area contributed by atoms with Gasteiger partial charge in [0.1, 0.15) is 0 Å². The largest absolute Gasteiger partial charge is 0.462 e. The van der Waals surface area contributed by atoms with Gasteiger partial charge in [0.25, 0.3) is 5.69 Å². The molecule has 0 unspecified atom stereocenters. The summed E-state index contributed by atoms with van der Waals surface area (Å²) < 4.78 is 5.40. The molecule has 1 aliphatic rings. The summed E-state index contributed by atoms with van der Waals surface area (Å²) in [5, 5.41) is 10.7. The monoisotopic (exact) mass is 299 g/mol. The Bertz CT molecular complexity index is 471. The SMILES string of the molecule is O=C(OCC1CC1)c1ccc(Br)c([N+](=O)[O-])c1. The predicted molar refractivity (Wildman–Crippen MR) is 63.8 cm³/mol. The van der Waals surface area contributed by atoms with Gasteiger partial charge < -0.3 is 4.74 Å². The van der Waals surface area contributed by atoms with Gasteiger partial charge in [0, 0.05) is 6.07 Å². The number of carbonyl (C=O) groups excluding carboxylic acids is 1. The molecule has 0 spiro atoms. The fraction of sp³-hybridized carbons (Fsp3) is 0.364. The van der Waals surface area contributed by atoms with E-state index in [2.05, 4.69) is 15.9 Å². The molecule has 6 heteroatoms. The number of esters is 1. The van der Waals surface area contributed by atoms with Crippen molar-refractivity contribution in [1.82, 2.24) is 0 Å². The normalized spacial score (nSPS) is 14.4. The smallest absolute Gasteiger partial charge is 0.338 e. The number of ether oxygens (including phenoxy) is 1. The van der Waals surface area contributed by atoms with Crippen LogP contribution in [0.25, 0.3) is 0 Å². The maximum atomic E-state index is 11.6. The fourth-order valence-electron chi connectivity index (χ4n) is 1.34. The lowest BCUT2D eigenvalue weighted by molar-refractivity contribution is -0.385. The third-order valence-electron chi connectivity index (χ3n) is 2.53. The number of nitrogens with zero attached hydrogens (tertiary/aromatic N) is 1. The average Bonchev–Trinajstić information content (AvgIpc) is 3.10. The van der Waals surface area contributed by atoms with E-state index < -0.39 is 10.9 Å². The number of halogens is 1. The molecule has 0 atom stereocenters. The molecule has 0 amide bonds. The second-order valence-corrected chi connectivity index (χ2v) is 4.82. The number of nitro benzene ring substituents is 1. The first-order chi connectivity index (χ1) is 8.08. The van der Waals surface area contributed by atoms with Gasteiger partial charge in [-0.05, 0) is 46.8 Å². The van der Waals surface area contributed by atoms with Crippen LogP contribution in [-0.4, -0.2) is 17.5 Å². The number of rotatable bonds is 4. The van der Waals surface area contributed by atoms with E-state index in [1.807, 2.05) is 0 Å². The minimum absolute atomic E-state index is 0.133. The highest BCUT2D eigenvalue weighted by atomic mass is 79.9. The van der Waals surface area contributed by atoms with E-state index in [9.17, 15) is 14.9 Å². The van der Waals surface area contributed by atoms with Crippen molar-refractivity contribution in [3.8, 4) is 0 Å². The van der Waals surface area contributed by atoms with Crippen LogP contribution in [0.15, 0.2) is 22.7 Å². The van der Waals surface area contributed by atoms with Crippen molar-refractivity contribution in [1.29, 1.82) is 0 Å². The molecule has 0 bridgehead atoms. The van der Waals surface area contributed by atoms with Gasteiger partial charge in [-0.3, -0.25) is 10.1 Å². The molecule has 1 aliphatic carbocycles. The minimum atomic E-state index is -0.540. The van der Waals surface area contributed by atoms with Crippen LogP contribution >= 0.6 is 15.9 Å². The average molecular weight is 300 g/mol. The third-order valence-corrected chi connectivity index (χ3v) is 3.20. The van der Waals surface area contributed by atoms with Crippen LogP contribution < -0.4 is 0 Å². The summed E-state index contributed by atoms with van der Waals surface area (Å²) in [7, 11) is 0. The zero-order valence-corrected chi connectivity index (χ0v) is 10.5. The van der Waals surface area contributed by atoms with Crippen molar-refractivity contribution in [2.24, 2.45) is 5.92 Å². The van der Waals surface area contributed by atoms with Crippen molar-refractivity contribution in [2.45, 2.75) is 12.8 Å². The molecular weight excluding hydrogens is 290 g/mol. The lowest BCUT2D eigenvalue weighted by Gasteiger charge is -2.04. The van der Waals surface area contributed by atoms with E-state index in [1.165, 1.54) is 18.2 Å². The highest BCUT2D eigenvalue weighted by Crippen LogP contribution is 2.30. The lowest BCUT2D eigenvalue weighted by Crippen LogP contribution is -2.08. The van der Waals surface area contributed by atoms with Crippen LogP contribution in [0.3, 0.4) is 0 Å². The van der Waals surface area contributed by atoms with Gasteiger partial charge in [-0.2, -0.15) is 0 Å². The molecule has 90 valence electrons. The van der Waals surface area contributed by atoms with Crippen LogP contribution in [0, 0.1) is 16.0 Å². The molecule has 0 aliphatic heterocycles. The molecular formula is C11H10BrNO4. The third kappa shape index (κ3) is 3.03. The molecule has 0 saturated heterocycles. The summed E-state index contributed by atoms with van der Waals surface area (Å²) in [4.78, 5) is 21.8. The zero-order valence-electron chi connectivity index (χ0n) is 8.89. The Balaban J connectivity index is 2.11. The van der Waals surface area contributed by atoms with Crippen molar-refractivity contribution in [2.75, 3.05) is 6.61 Å². The van der Waals surface area contributed by atoms with E-state index in [0.29, 0.717) is 17.0 Å². The van der Waals surface area contributed by atoms with Crippen molar-refractivity contribution < 1.29 is 14.5 Å². The number of benzene rings is 1. The summed E-state index contributed by atoms with van der Waals surface area (Å²) in [6, 6.07) is 4.21. The summed E-state index contributed by atoms with van der Waals surface area (Å²) in [6.07, 6.45) is 2.18. The van der Waals surface area contributed by atoms with Crippen LogP contribution in [-0.2, 0) is 4.74 Å². The molecule has 1 aromatic rings. The van der Waals surface area contributed by atoms with Gasteiger partial charge in [-0.15, -0.1) is 0 Å². The number of carbonyl (C=O) groups is 1. The molecule has 1 saturated carbocycles. The Morgan fingerprint density at radius 2 is 2.24 bits per heavy atom. The standard InChI is InChI=1S/C11H10BrNO4/c12-9-4-3-8(5-10(9)13(15)16)11(14)17-6-7-1-2-7/h3-5,7H,1-2,6H2. The second kappa shape index (κ2) is 4.83. The summed E-state index contributed by atoms with van der Waals surface area (Å²) in [5.74, 6) is -0.0307. The van der Waals surface area contributed by atoms with E-state index in [0.717, 1.165) is 12.8 Å². The number of nitro groups is 1. The molecule has 0 aromatic heterocycles. The Kier molecular flexibility index (Phi) is 3.42. The Hall–Kier alpha value is -1.43. The van der Waals surface area contributed by atoms with Gasteiger partial charge in [0.05, 0.1) is 21.6 Å². The molecule has 0 N–H and O–H groups in total. The molecule has 0 heterocycles. The van der Waals surface area contributed by atoms with Gasteiger partial charge in [-0.1, -0.05) is 0 Å².